The monoisotopic (exact) mass is 594 g/mol. The van der Waals surface area contributed by atoms with Crippen LogP contribution in [0, 0.1) is 16.2 Å². The Balaban J connectivity index is 0.000000382. The molecular formula is C32H54N2O8. The van der Waals surface area contributed by atoms with Gasteiger partial charge in [-0.25, -0.2) is 4.79 Å². The quantitative estimate of drug-likeness (QED) is 0.359. The van der Waals surface area contributed by atoms with E-state index >= 15 is 0 Å². The number of ketones is 1. The van der Waals surface area contributed by atoms with Crippen molar-refractivity contribution in [3.63, 3.8) is 0 Å². The van der Waals surface area contributed by atoms with Crippen LogP contribution in [0.4, 0.5) is 4.79 Å². The normalized spacial score (nSPS) is 30.4. The summed E-state index contributed by atoms with van der Waals surface area (Å²) in [5.74, 6) is 0.191. The number of methoxy groups -OCH3 is 1. The number of ether oxygens (including phenoxy) is 2. The van der Waals surface area contributed by atoms with Crippen molar-refractivity contribution in [2.24, 2.45) is 16.2 Å². The van der Waals surface area contributed by atoms with Gasteiger partial charge < -0.3 is 20.1 Å². The van der Waals surface area contributed by atoms with E-state index in [4.69, 9.17) is 19.1 Å². The van der Waals surface area contributed by atoms with E-state index in [2.05, 4.69) is 17.6 Å². The molecule has 0 aromatic heterocycles. The molecule has 42 heavy (non-hydrogen) atoms. The van der Waals surface area contributed by atoms with E-state index in [0.29, 0.717) is 18.3 Å². The van der Waals surface area contributed by atoms with E-state index < -0.39 is 11.7 Å². The molecule has 6 rings (SSSR count). The van der Waals surface area contributed by atoms with Gasteiger partial charge >= 0.3 is 18.2 Å². The van der Waals surface area contributed by atoms with Crippen LogP contribution in [0.15, 0.2) is 0 Å². The zero-order valence-electron chi connectivity index (χ0n) is 25.9. The van der Waals surface area contributed by atoms with Crippen molar-refractivity contribution in [3.8, 4) is 0 Å². The van der Waals surface area contributed by atoms with Crippen LogP contribution >= 0.6 is 0 Å². The predicted octanol–water partition coefficient (Wildman–Crippen LogP) is 5.66. The summed E-state index contributed by atoms with van der Waals surface area (Å²) in [6.07, 6.45) is 13.4. The van der Waals surface area contributed by atoms with Crippen LogP contribution in [0.1, 0.15) is 132 Å². The Morgan fingerprint density at radius 1 is 0.833 bits per heavy atom. The van der Waals surface area contributed by atoms with Crippen molar-refractivity contribution in [1.82, 2.24) is 10.6 Å². The maximum atomic E-state index is 12.2. The van der Waals surface area contributed by atoms with Gasteiger partial charge in [0.1, 0.15) is 5.60 Å². The molecule has 0 aliphatic heterocycles. The number of esters is 1. The first-order chi connectivity index (χ1) is 19.1. The Morgan fingerprint density at radius 2 is 1.31 bits per heavy atom. The Bertz CT molecular complexity index is 944. The van der Waals surface area contributed by atoms with E-state index in [1.54, 1.807) is 0 Å². The summed E-state index contributed by atoms with van der Waals surface area (Å²) in [7, 11) is 1.46. The summed E-state index contributed by atoms with van der Waals surface area (Å²) in [5, 5.41) is 5.73. The predicted molar refractivity (Wildman–Crippen MR) is 157 cm³/mol. The van der Waals surface area contributed by atoms with Gasteiger partial charge in [-0.05, 0) is 109 Å². The molecule has 4 bridgehead atoms. The standard InChI is InChI=1S/C17H29NO3.C13H21NO3.CO2.CH4/c1-15(2,3)21-14(20)18-12-13(19)11-17-8-5-16(4,6-9-17)7-10-17;1-3-10(15)14-13-7-4-12(5-8-13,6-9-13)11(16)17-2;2-1-3;/h5-12H2,1-4H3,(H,18,20);3-9H2,1-2H3,(H,14,15);;1H4. The summed E-state index contributed by atoms with van der Waals surface area (Å²) < 4.78 is 10.1. The van der Waals surface area contributed by atoms with Crippen molar-refractivity contribution < 1.29 is 38.2 Å². The first-order valence-corrected chi connectivity index (χ1v) is 15.0. The first-order valence-electron chi connectivity index (χ1n) is 15.0. The number of carbonyl (C=O) groups is 4. The molecule has 0 atom stereocenters. The number of amides is 2. The third-order valence-electron chi connectivity index (χ3n) is 9.77. The fourth-order valence-electron chi connectivity index (χ4n) is 6.96. The Morgan fingerprint density at radius 3 is 1.71 bits per heavy atom. The second kappa shape index (κ2) is 15.1. The molecule has 10 heteroatoms. The van der Waals surface area contributed by atoms with Crippen LogP contribution in [-0.4, -0.2) is 54.7 Å². The molecule has 6 fully saturated rings. The number of hydrogen-bond donors (Lipinski definition) is 2. The van der Waals surface area contributed by atoms with E-state index in [-0.39, 0.29) is 54.2 Å². The minimum absolute atomic E-state index is 0. The average Bonchev–Trinajstić information content (AvgIpc) is 2.93. The lowest BCUT2D eigenvalue weighted by Crippen LogP contribution is -2.58. The summed E-state index contributed by atoms with van der Waals surface area (Å²) in [6, 6.07) is 0. The lowest BCUT2D eigenvalue weighted by atomic mass is 9.53. The number of carbonyl (C=O) groups excluding carboxylic acids is 6. The van der Waals surface area contributed by atoms with Crippen LogP contribution in [0.25, 0.3) is 0 Å². The summed E-state index contributed by atoms with van der Waals surface area (Å²) in [4.78, 5) is 63.3. The average molecular weight is 595 g/mol. The minimum atomic E-state index is -0.525. The number of hydrogen-bond acceptors (Lipinski definition) is 8. The molecule has 0 radical (unpaired) electrons. The van der Waals surface area contributed by atoms with E-state index in [1.807, 2.05) is 27.7 Å². The van der Waals surface area contributed by atoms with Crippen LogP contribution in [0.2, 0.25) is 0 Å². The third kappa shape index (κ3) is 10.2. The van der Waals surface area contributed by atoms with Gasteiger partial charge in [-0.1, -0.05) is 21.3 Å². The molecule has 6 saturated carbocycles. The molecule has 6 aliphatic carbocycles. The Kier molecular flexibility index (Phi) is 13.4. The van der Waals surface area contributed by atoms with Crippen LogP contribution < -0.4 is 10.6 Å². The number of Topliss-reactive ketones (excluding diaryl/α,β-unsaturated/α-hetero) is 1. The second-order valence-electron chi connectivity index (χ2n) is 13.9. The highest BCUT2D eigenvalue weighted by atomic mass is 16.6. The number of rotatable bonds is 7. The van der Waals surface area contributed by atoms with Crippen LogP contribution in [0.5, 0.6) is 0 Å². The molecule has 6 aliphatic rings. The zero-order valence-corrected chi connectivity index (χ0v) is 25.9. The SMILES string of the molecule is C.CC12CCC(CC(=O)CNC(=O)OC(C)(C)C)(CC1)CC2.CCC(=O)NC12CCC(C(=O)OC)(CC1)CC2.O=C=O. The van der Waals surface area contributed by atoms with Gasteiger partial charge in [0, 0.05) is 18.4 Å². The molecule has 240 valence electrons. The highest BCUT2D eigenvalue weighted by molar-refractivity contribution is 5.84. The summed E-state index contributed by atoms with van der Waals surface area (Å²) in [5.41, 5.74) is -0.0800. The van der Waals surface area contributed by atoms with Gasteiger partial charge in [0.2, 0.25) is 5.91 Å². The Labute approximate surface area is 251 Å². The molecule has 2 N–H and O–H groups in total. The number of nitrogens with one attached hydrogen (secondary N) is 2. The molecule has 10 nitrogen and oxygen atoms in total. The van der Waals surface area contributed by atoms with Crippen LogP contribution in [-0.2, 0) is 33.4 Å². The highest BCUT2D eigenvalue weighted by Gasteiger charge is 2.53. The maximum absolute atomic E-state index is 12.2. The van der Waals surface area contributed by atoms with Crippen LogP contribution in [0.3, 0.4) is 0 Å². The van der Waals surface area contributed by atoms with E-state index in [1.165, 1.54) is 45.6 Å². The second-order valence-corrected chi connectivity index (χ2v) is 13.9. The summed E-state index contributed by atoms with van der Waals surface area (Å²) in [6.45, 7) is 9.78. The van der Waals surface area contributed by atoms with Crippen molar-refractivity contribution >= 4 is 29.9 Å². The Hall–Kier alpha value is -2.74. The topological polar surface area (TPSA) is 145 Å². The number of alkyl carbamates (subject to hydrolysis) is 1. The van der Waals surface area contributed by atoms with Gasteiger partial charge in [-0.2, -0.15) is 9.59 Å². The maximum Gasteiger partial charge on any atom is 0.408 e. The highest BCUT2D eigenvalue weighted by Crippen LogP contribution is 2.58. The van der Waals surface area contributed by atoms with Gasteiger partial charge in [0.25, 0.3) is 0 Å². The smallest absolute Gasteiger partial charge is 0.408 e. The van der Waals surface area contributed by atoms with Gasteiger partial charge in [-0.3, -0.25) is 14.4 Å². The largest absolute Gasteiger partial charge is 0.469 e. The fourth-order valence-corrected chi connectivity index (χ4v) is 6.96. The molecule has 0 saturated heterocycles. The molecular weight excluding hydrogens is 540 g/mol. The molecule has 0 aromatic rings. The van der Waals surface area contributed by atoms with Gasteiger partial charge in [0.15, 0.2) is 5.78 Å². The lowest BCUT2D eigenvalue weighted by molar-refractivity contribution is -0.191. The molecule has 0 spiro atoms. The molecule has 2 amide bonds. The minimum Gasteiger partial charge on any atom is -0.469 e. The van der Waals surface area contributed by atoms with Gasteiger partial charge in [-0.15, -0.1) is 0 Å². The van der Waals surface area contributed by atoms with Crippen molar-refractivity contribution in [2.45, 2.75) is 143 Å². The first kappa shape index (κ1) is 37.3. The molecule has 0 heterocycles. The third-order valence-corrected chi connectivity index (χ3v) is 9.77. The van der Waals surface area contributed by atoms with Crippen molar-refractivity contribution in [3.05, 3.63) is 0 Å². The zero-order chi connectivity index (χ0) is 31.0. The number of fused-ring (bicyclic) bond motifs is 6. The molecule has 0 aromatic carbocycles. The van der Waals surface area contributed by atoms with Gasteiger partial charge in [0.05, 0.1) is 19.1 Å². The lowest BCUT2D eigenvalue weighted by Gasteiger charge is -2.52. The van der Waals surface area contributed by atoms with Crippen molar-refractivity contribution in [2.75, 3.05) is 13.7 Å². The fraction of sp³-hybridized carbons (Fsp3) is 0.844. The van der Waals surface area contributed by atoms with Crippen molar-refractivity contribution in [1.29, 1.82) is 0 Å². The summed E-state index contributed by atoms with van der Waals surface area (Å²) >= 11 is 0. The van der Waals surface area contributed by atoms with E-state index in [9.17, 15) is 19.2 Å². The molecule has 0 unspecified atom stereocenters. The van der Waals surface area contributed by atoms with E-state index in [0.717, 1.165) is 38.5 Å².